The summed E-state index contributed by atoms with van der Waals surface area (Å²) < 4.78 is 2.04. The molecule has 3 heteroatoms. The molecular formula is C7H13BN2. The SMILES string of the molecule is Bc1c(C)cnn1C(C)C. The third kappa shape index (κ3) is 1.08. The molecule has 1 aromatic heterocycles. The van der Waals surface area contributed by atoms with E-state index < -0.39 is 0 Å². The highest BCUT2D eigenvalue weighted by Gasteiger charge is 2.03. The summed E-state index contributed by atoms with van der Waals surface area (Å²) in [5.41, 5.74) is 2.55. The monoisotopic (exact) mass is 136 g/mol. The van der Waals surface area contributed by atoms with Crippen molar-refractivity contribution >= 4 is 13.4 Å². The highest BCUT2D eigenvalue weighted by atomic mass is 15.3. The van der Waals surface area contributed by atoms with Gasteiger partial charge in [0, 0.05) is 6.04 Å². The zero-order valence-corrected chi connectivity index (χ0v) is 7.05. The lowest BCUT2D eigenvalue weighted by atomic mass is 10.00. The van der Waals surface area contributed by atoms with Gasteiger partial charge in [0.1, 0.15) is 0 Å². The molecular weight excluding hydrogens is 123 g/mol. The first-order chi connectivity index (χ1) is 4.63. The number of aromatic nitrogens is 2. The van der Waals surface area contributed by atoms with Crippen LogP contribution in [0.25, 0.3) is 0 Å². The average molecular weight is 136 g/mol. The molecule has 1 heterocycles. The Labute approximate surface area is 62.7 Å². The topological polar surface area (TPSA) is 17.8 Å². The van der Waals surface area contributed by atoms with Crippen molar-refractivity contribution in [3.05, 3.63) is 11.8 Å². The molecule has 0 aromatic carbocycles. The van der Waals surface area contributed by atoms with Crippen LogP contribution in [0.4, 0.5) is 0 Å². The van der Waals surface area contributed by atoms with Gasteiger partial charge < -0.3 is 0 Å². The molecule has 0 spiro atoms. The Morgan fingerprint density at radius 1 is 1.60 bits per heavy atom. The van der Waals surface area contributed by atoms with Crippen molar-refractivity contribution < 1.29 is 0 Å². The molecule has 0 saturated heterocycles. The second kappa shape index (κ2) is 2.49. The Morgan fingerprint density at radius 2 is 2.20 bits per heavy atom. The van der Waals surface area contributed by atoms with Gasteiger partial charge >= 0.3 is 0 Å². The van der Waals surface area contributed by atoms with Crippen molar-refractivity contribution in [2.45, 2.75) is 26.8 Å². The van der Waals surface area contributed by atoms with E-state index in [4.69, 9.17) is 0 Å². The number of nitrogens with zero attached hydrogens (tertiary/aromatic N) is 2. The second-order valence-corrected chi connectivity index (χ2v) is 2.95. The van der Waals surface area contributed by atoms with E-state index in [1.807, 2.05) is 10.9 Å². The molecule has 0 bridgehead atoms. The van der Waals surface area contributed by atoms with Crippen LogP contribution in [0.3, 0.4) is 0 Å². The van der Waals surface area contributed by atoms with Crippen molar-refractivity contribution in [2.75, 3.05) is 0 Å². The molecule has 2 nitrogen and oxygen atoms in total. The van der Waals surface area contributed by atoms with E-state index >= 15 is 0 Å². The van der Waals surface area contributed by atoms with Crippen molar-refractivity contribution in [2.24, 2.45) is 0 Å². The molecule has 0 unspecified atom stereocenters. The fourth-order valence-corrected chi connectivity index (χ4v) is 1.03. The summed E-state index contributed by atoms with van der Waals surface area (Å²) in [7, 11) is 2.10. The molecule has 1 aromatic rings. The molecule has 0 atom stereocenters. The van der Waals surface area contributed by atoms with Crippen LogP contribution in [-0.2, 0) is 0 Å². The number of aryl methyl sites for hydroxylation is 1. The number of hydrogen-bond donors (Lipinski definition) is 0. The highest BCUT2D eigenvalue weighted by molar-refractivity contribution is 6.31. The molecule has 0 fully saturated rings. The molecule has 10 heavy (non-hydrogen) atoms. The third-order valence-electron chi connectivity index (χ3n) is 1.78. The molecule has 0 saturated carbocycles. The van der Waals surface area contributed by atoms with Gasteiger partial charge in [-0.3, -0.25) is 4.68 Å². The predicted molar refractivity (Wildman–Crippen MR) is 45.5 cm³/mol. The summed E-state index contributed by atoms with van der Waals surface area (Å²) >= 11 is 0. The first-order valence-corrected chi connectivity index (χ1v) is 3.63. The van der Waals surface area contributed by atoms with E-state index in [0.717, 1.165) is 0 Å². The van der Waals surface area contributed by atoms with Gasteiger partial charge in [-0.05, 0) is 31.9 Å². The van der Waals surface area contributed by atoms with Crippen LogP contribution < -0.4 is 5.59 Å². The van der Waals surface area contributed by atoms with Gasteiger partial charge in [-0.1, -0.05) is 0 Å². The maximum Gasteiger partial charge on any atom is 0.163 e. The second-order valence-electron chi connectivity index (χ2n) is 2.95. The summed E-state index contributed by atoms with van der Waals surface area (Å²) in [6, 6.07) is 0.480. The minimum atomic E-state index is 0.480. The average Bonchev–Trinajstić information content (AvgIpc) is 2.14. The highest BCUT2D eigenvalue weighted by Crippen LogP contribution is 1.99. The van der Waals surface area contributed by atoms with Crippen molar-refractivity contribution in [1.29, 1.82) is 0 Å². The van der Waals surface area contributed by atoms with Gasteiger partial charge in [0.25, 0.3) is 0 Å². The Bertz CT molecular complexity index is 228. The summed E-state index contributed by atoms with van der Waals surface area (Å²) in [6.45, 7) is 6.36. The Hall–Kier alpha value is -0.725. The van der Waals surface area contributed by atoms with Gasteiger partial charge in [-0.2, -0.15) is 5.10 Å². The molecule has 0 N–H and O–H groups in total. The van der Waals surface area contributed by atoms with E-state index in [9.17, 15) is 0 Å². The molecule has 0 amide bonds. The Balaban J connectivity index is 3.05. The summed E-state index contributed by atoms with van der Waals surface area (Å²) in [6.07, 6.45) is 1.91. The van der Waals surface area contributed by atoms with Crippen molar-refractivity contribution in [1.82, 2.24) is 9.78 Å². The van der Waals surface area contributed by atoms with Crippen LogP contribution in [-0.4, -0.2) is 17.6 Å². The van der Waals surface area contributed by atoms with Crippen LogP contribution in [0.15, 0.2) is 6.20 Å². The quantitative estimate of drug-likeness (QED) is 0.498. The minimum Gasteiger partial charge on any atom is -0.277 e. The van der Waals surface area contributed by atoms with E-state index in [0.29, 0.717) is 6.04 Å². The number of hydrogen-bond acceptors (Lipinski definition) is 1. The van der Waals surface area contributed by atoms with Crippen LogP contribution in [0.2, 0.25) is 0 Å². The fraction of sp³-hybridized carbons (Fsp3) is 0.571. The Kier molecular flexibility index (Phi) is 1.83. The van der Waals surface area contributed by atoms with E-state index in [1.165, 1.54) is 11.2 Å². The van der Waals surface area contributed by atoms with Gasteiger partial charge in [0.2, 0.25) is 0 Å². The van der Waals surface area contributed by atoms with E-state index in [-0.39, 0.29) is 0 Å². The minimum absolute atomic E-state index is 0.480. The molecule has 54 valence electrons. The van der Waals surface area contributed by atoms with Crippen molar-refractivity contribution in [3.63, 3.8) is 0 Å². The first-order valence-electron chi connectivity index (χ1n) is 3.63. The van der Waals surface area contributed by atoms with Crippen LogP contribution in [0.5, 0.6) is 0 Å². The first kappa shape index (κ1) is 7.38. The van der Waals surface area contributed by atoms with Gasteiger partial charge in [-0.15, -0.1) is 0 Å². The lowest BCUT2D eigenvalue weighted by Gasteiger charge is -2.07. The standard InChI is InChI=1S/C7H13BN2/c1-5(2)10-7(8)6(3)4-9-10/h4-5H,8H2,1-3H3. The zero-order chi connectivity index (χ0) is 7.72. The lowest BCUT2D eigenvalue weighted by Crippen LogP contribution is -2.21. The maximum atomic E-state index is 4.23. The molecule has 1 rings (SSSR count). The number of rotatable bonds is 1. The van der Waals surface area contributed by atoms with Crippen molar-refractivity contribution in [3.8, 4) is 0 Å². The van der Waals surface area contributed by atoms with E-state index in [2.05, 4.69) is 33.7 Å². The normalized spacial score (nSPS) is 10.8. The predicted octanol–water partition coefficient (Wildman–Crippen LogP) is 0.0308. The molecule has 0 aliphatic carbocycles. The smallest absolute Gasteiger partial charge is 0.163 e. The summed E-state index contributed by atoms with van der Waals surface area (Å²) in [4.78, 5) is 0. The molecule has 0 aliphatic rings. The summed E-state index contributed by atoms with van der Waals surface area (Å²) in [5, 5.41) is 4.23. The maximum absolute atomic E-state index is 4.23. The third-order valence-corrected chi connectivity index (χ3v) is 1.78. The zero-order valence-electron chi connectivity index (χ0n) is 7.05. The van der Waals surface area contributed by atoms with Gasteiger partial charge in [-0.25, -0.2) is 0 Å². The Morgan fingerprint density at radius 3 is 2.40 bits per heavy atom. The van der Waals surface area contributed by atoms with Gasteiger partial charge in [0.15, 0.2) is 7.85 Å². The fourth-order valence-electron chi connectivity index (χ4n) is 1.03. The van der Waals surface area contributed by atoms with Gasteiger partial charge in [0.05, 0.1) is 6.20 Å². The van der Waals surface area contributed by atoms with Crippen LogP contribution in [0.1, 0.15) is 25.5 Å². The lowest BCUT2D eigenvalue weighted by molar-refractivity contribution is 0.546. The van der Waals surface area contributed by atoms with Crippen LogP contribution >= 0.6 is 0 Å². The summed E-state index contributed by atoms with van der Waals surface area (Å²) in [5.74, 6) is 0. The largest absolute Gasteiger partial charge is 0.277 e. The molecule has 0 aliphatic heterocycles. The van der Waals surface area contributed by atoms with Crippen LogP contribution in [0, 0.1) is 6.92 Å². The van der Waals surface area contributed by atoms with E-state index in [1.54, 1.807) is 0 Å². The molecule has 0 radical (unpaired) electrons.